The first-order chi connectivity index (χ1) is 9.45. The van der Waals surface area contributed by atoms with Crippen molar-refractivity contribution in [2.24, 2.45) is 0 Å². The molecule has 0 aromatic heterocycles. The molecule has 2 amide bonds. The number of para-hydroxylation sites is 1. The van der Waals surface area contributed by atoms with Gasteiger partial charge in [0.25, 0.3) is 0 Å². The van der Waals surface area contributed by atoms with Crippen LogP contribution >= 0.6 is 0 Å². The molecule has 1 unspecified atom stereocenters. The average Bonchev–Trinajstić information content (AvgIpc) is 2.42. The van der Waals surface area contributed by atoms with E-state index in [9.17, 15) is 14.0 Å². The van der Waals surface area contributed by atoms with Gasteiger partial charge < -0.3 is 15.2 Å². The van der Waals surface area contributed by atoms with E-state index >= 15 is 0 Å². The van der Waals surface area contributed by atoms with E-state index in [1.54, 1.807) is 6.07 Å². The van der Waals surface area contributed by atoms with Crippen LogP contribution in [0.1, 0.15) is 6.42 Å². The second-order valence-corrected chi connectivity index (χ2v) is 4.15. The Balaban J connectivity index is 2.58. The molecule has 7 heteroatoms. The number of methoxy groups -OCH3 is 1. The number of hydrogen-bond acceptors (Lipinski definition) is 3. The number of amides is 2. The van der Waals surface area contributed by atoms with E-state index in [2.05, 4.69) is 5.32 Å². The smallest absolute Gasteiger partial charge is 0.321 e. The maximum absolute atomic E-state index is 13.5. The van der Waals surface area contributed by atoms with Gasteiger partial charge in [-0.1, -0.05) is 12.1 Å². The van der Waals surface area contributed by atoms with Gasteiger partial charge in [0.1, 0.15) is 5.82 Å². The molecule has 1 rings (SSSR count). The number of carboxylic acids is 1. The van der Waals surface area contributed by atoms with Gasteiger partial charge in [0.05, 0.1) is 18.2 Å². The summed E-state index contributed by atoms with van der Waals surface area (Å²) in [6, 6.07) is 5.33. The molecular formula is C13H17FN2O4. The molecule has 1 atom stereocenters. The lowest BCUT2D eigenvalue weighted by Gasteiger charge is -2.20. The van der Waals surface area contributed by atoms with Crippen molar-refractivity contribution in [3.8, 4) is 0 Å². The first kappa shape index (κ1) is 15.9. The fraction of sp³-hybridized carbons (Fsp3) is 0.385. The third-order valence-electron chi connectivity index (χ3n) is 2.74. The highest BCUT2D eigenvalue weighted by molar-refractivity contribution is 5.91. The SMILES string of the molecule is COC(CNC(=O)N(C)c1ccccc1F)CC(=O)O. The molecule has 0 saturated carbocycles. The number of ether oxygens (including phenoxy) is 1. The van der Waals surface area contributed by atoms with Gasteiger partial charge in [-0.25, -0.2) is 9.18 Å². The Morgan fingerprint density at radius 1 is 1.45 bits per heavy atom. The zero-order valence-corrected chi connectivity index (χ0v) is 11.3. The Hall–Kier alpha value is -2.15. The van der Waals surface area contributed by atoms with Crippen LogP contribution in [0.3, 0.4) is 0 Å². The highest BCUT2D eigenvalue weighted by atomic mass is 19.1. The van der Waals surface area contributed by atoms with Gasteiger partial charge in [-0.2, -0.15) is 0 Å². The van der Waals surface area contributed by atoms with Crippen molar-refractivity contribution in [3.05, 3.63) is 30.1 Å². The molecule has 0 fully saturated rings. The predicted octanol–water partition coefficient (Wildman–Crippen LogP) is 1.46. The van der Waals surface area contributed by atoms with Crippen LogP contribution in [0, 0.1) is 5.82 Å². The number of benzene rings is 1. The minimum atomic E-state index is -1.02. The Bertz CT molecular complexity index is 481. The van der Waals surface area contributed by atoms with Crippen LogP contribution in [-0.2, 0) is 9.53 Å². The van der Waals surface area contributed by atoms with Crippen LogP contribution in [-0.4, -0.2) is 43.9 Å². The van der Waals surface area contributed by atoms with E-state index in [-0.39, 0.29) is 18.7 Å². The molecule has 2 N–H and O–H groups in total. The second-order valence-electron chi connectivity index (χ2n) is 4.15. The van der Waals surface area contributed by atoms with E-state index < -0.39 is 23.9 Å². The van der Waals surface area contributed by atoms with Crippen molar-refractivity contribution in [2.75, 3.05) is 25.6 Å². The molecule has 0 aliphatic heterocycles. The summed E-state index contributed by atoms with van der Waals surface area (Å²) in [4.78, 5) is 23.5. The van der Waals surface area contributed by atoms with E-state index in [0.717, 1.165) is 4.90 Å². The third kappa shape index (κ3) is 4.51. The number of anilines is 1. The Morgan fingerprint density at radius 3 is 2.65 bits per heavy atom. The first-order valence-corrected chi connectivity index (χ1v) is 5.96. The zero-order chi connectivity index (χ0) is 15.1. The van der Waals surface area contributed by atoms with E-state index in [4.69, 9.17) is 9.84 Å². The number of urea groups is 1. The van der Waals surface area contributed by atoms with Crippen LogP contribution in [0.25, 0.3) is 0 Å². The normalized spacial score (nSPS) is 11.8. The number of halogens is 1. The fourth-order valence-corrected chi connectivity index (χ4v) is 1.59. The molecule has 0 saturated heterocycles. The van der Waals surface area contributed by atoms with Crippen molar-refractivity contribution >= 4 is 17.7 Å². The molecule has 110 valence electrons. The topological polar surface area (TPSA) is 78.9 Å². The highest BCUT2D eigenvalue weighted by Crippen LogP contribution is 2.16. The summed E-state index contributed by atoms with van der Waals surface area (Å²) in [5.41, 5.74) is 0.136. The summed E-state index contributed by atoms with van der Waals surface area (Å²) < 4.78 is 18.4. The minimum Gasteiger partial charge on any atom is -0.481 e. The second kappa shape index (κ2) is 7.44. The van der Waals surface area contributed by atoms with Gasteiger partial charge in [-0.3, -0.25) is 9.69 Å². The lowest BCUT2D eigenvalue weighted by Crippen LogP contribution is -2.42. The minimum absolute atomic E-state index is 0.0282. The summed E-state index contributed by atoms with van der Waals surface area (Å²) in [5, 5.41) is 11.1. The van der Waals surface area contributed by atoms with Gasteiger partial charge in [-0.05, 0) is 12.1 Å². The molecule has 6 nitrogen and oxygen atoms in total. The quantitative estimate of drug-likeness (QED) is 0.829. The number of carbonyl (C=O) groups is 2. The maximum atomic E-state index is 13.5. The number of carboxylic acid groups (broad SMARTS) is 1. The Morgan fingerprint density at radius 2 is 2.10 bits per heavy atom. The maximum Gasteiger partial charge on any atom is 0.321 e. The predicted molar refractivity (Wildman–Crippen MR) is 71.3 cm³/mol. The number of carbonyl (C=O) groups excluding carboxylic acids is 1. The number of nitrogens with zero attached hydrogens (tertiary/aromatic N) is 1. The molecule has 0 radical (unpaired) electrons. The highest BCUT2D eigenvalue weighted by Gasteiger charge is 2.17. The summed E-state index contributed by atoms with van der Waals surface area (Å²) in [6.07, 6.45) is -0.856. The molecule has 0 spiro atoms. The third-order valence-corrected chi connectivity index (χ3v) is 2.74. The molecule has 0 aliphatic rings. The fourth-order valence-electron chi connectivity index (χ4n) is 1.59. The number of aliphatic carboxylic acids is 1. The summed E-state index contributed by atoms with van der Waals surface area (Å²) in [7, 11) is 2.78. The number of rotatable bonds is 6. The average molecular weight is 284 g/mol. The van der Waals surface area contributed by atoms with Gasteiger partial charge in [0, 0.05) is 20.7 Å². The summed E-state index contributed by atoms with van der Waals surface area (Å²) >= 11 is 0. The van der Waals surface area contributed by atoms with Crippen LogP contribution in [0.5, 0.6) is 0 Å². The molecule has 20 heavy (non-hydrogen) atoms. The van der Waals surface area contributed by atoms with Gasteiger partial charge in [-0.15, -0.1) is 0 Å². The number of hydrogen-bond donors (Lipinski definition) is 2. The Labute approximate surface area is 116 Å². The van der Waals surface area contributed by atoms with Crippen molar-refractivity contribution < 1.29 is 23.8 Å². The monoisotopic (exact) mass is 284 g/mol. The zero-order valence-electron chi connectivity index (χ0n) is 11.3. The van der Waals surface area contributed by atoms with E-state index in [1.165, 1.54) is 32.4 Å². The standard InChI is InChI=1S/C13H17FN2O4/c1-16(11-6-4-3-5-10(11)14)13(19)15-8-9(20-2)7-12(17)18/h3-6,9H,7-8H2,1-2H3,(H,15,19)(H,17,18). The lowest BCUT2D eigenvalue weighted by atomic mass is 10.2. The molecule has 0 bridgehead atoms. The van der Waals surface area contributed by atoms with Gasteiger partial charge >= 0.3 is 12.0 Å². The van der Waals surface area contributed by atoms with Gasteiger partial charge in [0.2, 0.25) is 0 Å². The first-order valence-electron chi connectivity index (χ1n) is 5.96. The van der Waals surface area contributed by atoms with E-state index in [1.807, 2.05) is 0 Å². The van der Waals surface area contributed by atoms with Crippen LogP contribution < -0.4 is 10.2 Å². The van der Waals surface area contributed by atoms with Crippen molar-refractivity contribution in [1.29, 1.82) is 0 Å². The molecule has 1 aromatic rings. The summed E-state index contributed by atoms with van der Waals surface area (Å²) in [6.45, 7) is 0.0282. The molecule has 1 aromatic carbocycles. The molecular weight excluding hydrogens is 267 g/mol. The lowest BCUT2D eigenvalue weighted by molar-refractivity contribution is -0.139. The van der Waals surface area contributed by atoms with E-state index in [0.29, 0.717) is 0 Å². The Kier molecular flexibility index (Phi) is 5.92. The van der Waals surface area contributed by atoms with Crippen LogP contribution in [0.2, 0.25) is 0 Å². The molecule has 0 aliphatic carbocycles. The van der Waals surface area contributed by atoms with Crippen molar-refractivity contribution in [2.45, 2.75) is 12.5 Å². The number of nitrogens with one attached hydrogen (secondary N) is 1. The van der Waals surface area contributed by atoms with Crippen LogP contribution in [0.15, 0.2) is 24.3 Å². The largest absolute Gasteiger partial charge is 0.481 e. The van der Waals surface area contributed by atoms with Crippen molar-refractivity contribution in [1.82, 2.24) is 5.32 Å². The van der Waals surface area contributed by atoms with Gasteiger partial charge in [0.15, 0.2) is 0 Å². The molecule has 0 heterocycles. The van der Waals surface area contributed by atoms with Crippen molar-refractivity contribution in [3.63, 3.8) is 0 Å². The van der Waals surface area contributed by atoms with Crippen LogP contribution in [0.4, 0.5) is 14.9 Å². The summed E-state index contributed by atoms with van der Waals surface area (Å²) in [5.74, 6) is -1.53.